The van der Waals surface area contributed by atoms with E-state index in [1.807, 2.05) is 31.2 Å². The minimum Gasteiger partial charge on any atom is -0.495 e. The Hall–Kier alpha value is -2.78. The maximum absolute atomic E-state index is 13.4. The monoisotopic (exact) mass is 481 g/mol. The highest BCUT2D eigenvalue weighted by Crippen LogP contribution is 2.33. The fourth-order valence-corrected chi connectivity index (χ4v) is 4.15. The summed E-state index contributed by atoms with van der Waals surface area (Å²) in [5.41, 5.74) is 2.01. The molecule has 32 heavy (non-hydrogen) atoms. The molecule has 0 aliphatic heterocycles. The number of likely N-dealkylation sites (N-methyl/N-ethyl adjacent to an activating group) is 1. The third-order valence-electron chi connectivity index (χ3n) is 4.98. The number of rotatable bonds is 9. The molecule has 0 aliphatic carbocycles. The molecular formula is C22H28ClN3O5S. The van der Waals surface area contributed by atoms with E-state index < -0.39 is 28.5 Å². The molecule has 0 heterocycles. The van der Waals surface area contributed by atoms with Crippen LogP contribution in [0, 0.1) is 6.92 Å². The van der Waals surface area contributed by atoms with Gasteiger partial charge in [-0.3, -0.25) is 13.9 Å². The topological polar surface area (TPSA) is 96.0 Å². The largest absolute Gasteiger partial charge is 0.495 e. The van der Waals surface area contributed by atoms with Gasteiger partial charge in [-0.25, -0.2) is 8.42 Å². The van der Waals surface area contributed by atoms with Crippen LogP contribution in [0.3, 0.4) is 0 Å². The summed E-state index contributed by atoms with van der Waals surface area (Å²) in [6.45, 7) is 3.15. The van der Waals surface area contributed by atoms with Gasteiger partial charge in [-0.1, -0.05) is 41.4 Å². The number of carbonyl (C=O) groups excluding carboxylic acids is 2. The molecule has 0 spiro atoms. The number of amides is 2. The highest BCUT2D eigenvalue weighted by Gasteiger charge is 2.31. The van der Waals surface area contributed by atoms with Crippen molar-refractivity contribution in [2.24, 2.45) is 0 Å². The van der Waals surface area contributed by atoms with Gasteiger partial charge in [0.15, 0.2) is 0 Å². The van der Waals surface area contributed by atoms with Crippen molar-refractivity contribution < 1.29 is 22.7 Å². The summed E-state index contributed by atoms with van der Waals surface area (Å²) in [5, 5.41) is 2.82. The zero-order valence-corrected chi connectivity index (χ0v) is 20.3. The van der Waals surface area contributed by atoms with Gasteiger partial charge in [0.05, 0.1) is 19.1 Å². The van der Waals surface area contributed by atoms with Crippen molar-refractivity contribution in [2.45, 2.75) is 26.4 Å². The van der Waals surface area contributed by atoms with E-state index in [0.717, 1.165) is 21.7 Å². The lowest BCUT2D eigenvalue weighted by Crippen LogP contribution is -2.50. The third kappa shape index (κ3) is 6.37. The standard InChI is InChI=1S/C22H28ClN3O5S/c1-15-6-8-17(9-7-15)13-25(16(2)22(28)24-3)21(27)14-26(32(5,29)30)19-12-18(23)10-11-20(19)31-4/h6-12,16H,13-14H2,1-5H3,(H,24,28)/t16-/m0/s1. The molecule has 1 atom stereocenters. The first kappa shape index (κ1) is 25.5. The van der Waals surface area contributed by atoms with Crippen LogP contribution in [0.4, 0.5) is 5.69 Å². The SMILES string of the molecule is CNC(=O)[C@H](C)N(Cc1ccc(C)cc1)C(=O)CN(c1cc(Cl)ccc1OC)S(C)(=O)=O. The number of aryl methyl sites for hydroxylation is 1. The van der Waals surface area contributed by atoms with Crippen LogP contribution in [0.1, 0.15) is 18.1 Å². The maximum atomic E-state index is 13.4. The molecule has 0 saturated heterocycles. The van der Waals surface area contributed by atoms with Gasteiger partial charge in [0.2, 0.25) is 21.8 Å². The predicted molar refractivity (Wildman–Crippen MR) is 125 cm³/mol. The van der Waals surface area contributed by atoms with Gasteiger partial charge in [-0.2, -0.15) is 0 Å². The third-order valence-corrected chi connectivity index (χ3v) is 6.34. The maximum Gasteiger partial charge on any atom is 0.244 e. The molecule has 0 bridgehead atoms. The van der Waals surface area contributed by atoms with E-state index in [1.165, 1.54) is 31.2 Å². The molecule has 0 unspecified atom stereocenters. The smallest absolute Gasteiger partial charge is 0.244 e. The van der Waals surface area contributed by atoms with Crippen LogP contribution in [0.5, 0.6) is 5.75 Å². The lowest BCUT2D eigenvalue weighted by molar-refractivity contribution is -0.139. The molecule has 10 heteroatoms. The molecule has 1 N–H and O–H groups in total. The molecule has 0 radical (unpaired) electrons. The van der Waals surface area contributed by atoms with E-state index in [1.54, 1.807) is 13.0 Å². The molecule has 0 fully saturated rings. The van der Waals surface area contributed by atoms with Crippen molar-refractivity contribution in [3.8, 4) is 5.75 Å². The van der Waals surface area contributed by atoms with Gasteiger partial charge in [0, 0.05) is 18.6 Å². The lowest BCUT2D eigenvalue weighted by atomic mass is 10.1. The summed E-state index contributed by atoms with van der Waals surface area (Å²) in [7, 11) is -1.00. The van der Waals surface area contributed by atoms with Crippen LogP contribution >= 0.6 is 11.6 Å². The molecule has 8 nitrogen and oxygen atoms in total. The first-order valence-corrected chi connectivity index (χ1v) is 12.1. The molecule has 0 aromatic heterocycles. The number of nitrogens with zero attached hydrogens (tertiary/aromatic N) is 2. The van der Waals surface area contributed by atoms with E-state index in [4.69, 9.17) is 16.3 Å². The first-order chi connectivity index (χ1) is 15.0. The quantitative estimate of drug-likeness (QED) is 0.594. The van der Waals surface area contributed by atoms with Crippen LogP contribution in [0.2, 0.25) is 5.02 Å². The van der Waals surface area contributed by atoms with Crippen LogP contribution in [-0.2, 0) is 26.2 Å². The normalized spacial score (nSPS) is 12.1. The fraction of sp³-hybridized carbons (Fsp3) is 0.364. The minimum absolute atomic E-state index is 0.137. The van der Waals surface area contributed by atoms with Crippen molar-refractivity contribution in [1.82, 2.24) is 10.2 Å². The Labute approximate surface area is 194 Å². The van der Waals surface area contributed by atoms with Crippen molar-refractivity contribution in [3.05, 3.63) is 58.6 Å². The Morgan fingerprint density at radius 1 is 1.16 bits per heavy atom. The number of anilines is 1. The summed E-state index contributed by atoms with van der Waals surface area (Å²) < 4.78 is 31.4. The Balaban J connectivity index is 2.44. The lowest BCUT2D eigenvalue weighted by Gasteiger charge is -2.31. The van der Waals surface area contributed by atoms with Gasteiger partial charge in [-0.05, 0) is 37.6 Å². The second kappa shape index (κ2) is 10.7. The Morgan fingerprint density at radius 2 is 1.78 bits per heavy atom. The van der Waals surface area contributed by atoms with Crippen molar-refractivity contribution in [1.29, 1.82) is 0 Å². The number of halogens is 1. The summed E-state index contributed by atoms with van der Waals surface area (Å²) in [4.78, 5) is 27.0. The highest BCUT2D eigenvalue weighted by molar-refractivity contribution is 7.92. The van der Waals surface area contributed by atoms with Crippen molar-refractivity contribution in [3.63, 3.8) is 0 Å². The number of sulfonamides is 1. The molecule has 2 aromatic carbocycles. The van der Waals surface area contributed by atoms with E-state index in [0.29, 0.717) is 0 Å². The van der Waals surface area contributed by atoms with Crippen LogP contribution in [0.15, 0.2) is 42.5 Å². The van der Waals surface area contributed by atoms with Gasteiger partial charge in [-0.15, -0.1) is 0 Å². The van der Waals surface area contributed by atoms with Gasteiger partial charge in [0.1, 0.15) is 18.3 Å². The zero-order valence-electron chi connectivity index (χ0n) is 18.8. The number of carbonyl (C=O) groups is 2. The number of nitrogens with one attached hydrogen (secondary N) is 1. The average Bonchev–Trinajstić information content (AvgIpc) is 2.75. The molecule has 0 aliphatic rings. The van der Waals surface area contributed by atoms with Crippen LogP contribution in [0.25, 0.3) is 0 Å². The van der Waals surface area contributed by atoms with Crippen LogP contribution in [-0.4, -0.2) is 58.1 Å². The van der Waals surface area contributed by atoms with E-state index in [9.17, 15) is 18.0 Å². The predicted octanol–water partition coefficient (Wildman–Crippen LogP) is 2.59. The Kier molecular flexibility index (Phi) is 8.51. The summed E-state index contributed by atoms with van der Waals surface area (Å²) >= 11 is 6.07. The molecule has 0 saturated carbocycles. The molecule has 2 aromatic rings. The van der Waals surface area contributed by atoms with Gasteiger partial charge >= 0.3 is 0 Å². The number of hydrogen-bond acceptors (Lipinski definition) is 5. The average molecular weight is 482 g/mol. The Bertz CT molecular complexity index is 1070. The van der Waals surface area contributed by atoms with E-state index in [-0.39, 0.29) is 28.9 Å². The molecule has 2 amide bonds. The van der Waals surface area contributed by atoms with Crippen LogP contribution < -0.4 is 14.4 Å². The van der Waals surface area contributed by atoms with Gasteiger partial charge in [0.25, 0.3) is 0 Å². The van der Waals surface area contributed by atoms with E-state index >= 15 is 0 Å². The second-order valence-electron chi connectivity index (χ2n) is 7.38. The fourth-order valence-electron chi connectivity index (χ4n) is 3.13. The minimum atomic E-state index is -3.88. The summed E-state index contributed by atoms with van der Waals surface area (Å²) in [6, 6.07) is 11.2. The molecular weight excluding hydrogens is 454 g/mol. The first-order valence-electron chi connectivity index (χ1n) is 9.85. The number of hydrogen-bond donors (Lipinski definition) is 1. The molecule has 2 rings (SSSR count). The number of methoxy groups -OCH3 is 1. The highest BCUT2D eigenvalue weighted by atomic mass is 35.5. The number of ether oxygens (including phenoxy) is 1. The van der Waals surface area contributed by atoms with Crippen molar-refractivity contribution in [2.75, 3.05) is 31.3 Å². The number of benzene rings is 2. The summed E-state index contributed by atoms with van der Waals surface area (Å²) in [6.07, 6.45) is 0.993. The summed E-state index contributed by atoms with van der Waals surface area (Å²) in [5.74, 6) is -0.664. The second-order valence-corrected chi connectivity index (χ2v) is 9.73. The van der Waals surface area contributed by atoms with Crippen molar-refractivity contribution >= 4 is 39.1 Å². The Morgan fingerprint density at radius 3 is 2.31 bits per heavy atom. The van der Waals surface area contributed by atoms with Gasteiger partial charge < -0.3 is 15.0 Å². The molecule has 174 valence electrons. The zero-order chi connectivity index (χ0) is 24.1. The van der Waals surface area contributed by atoms with E-state index in [2.05, 4.69) is 5.32 Å².